The third kappa shape index (κ3) is 4.70. The molecule has 166 valence electrons. The normalized spacial score (nSPS) is 10.9. The number of nitrogens with zero attached hydrogens (tertiary/aromatic N) is 2. The lowest BCUT2D eigenvalue weighted by atomic mass is 10.0. The van der Waals surface area contributed by atoms with E-state index in [4.69, 9.17) is 4.98 Å². The van der Waals surface area contributed by atoms with Gasteiger partial charge in [0.15, 0.2) is 5.82 Å². The van der Waals surface area contributed by atoms with E-state index in [1.165, 1.54) is 0 Å². The lowest BCUT2D eigenvalue weighted by Gasteiger charge is -2.12. The molecule has 0 atom stereocenters. The summed E-state index contributed by atoms with van der Waals surface area (Å²) in [5.41, 5.74) is 4.82. The van der Waals surface area contributed by atoms with Gasteiger partial charge < -0.3 is 10.4 Å². The molecule has 34 heavy (non-hydrogen) atoms. The first-order chi connectivity index (χ1) is 16.7. The van der Waals surface area contributed by atoms with Crippen LogP contribution in [-0.2, 0) is 17.8 Å². The Morgan fingerprint density at radius 2 is 1.47 bits per heavy atom. The van der Waals surface area contributed by atoms with E-state index in [-0.39, 0.29) is 18.9 Å². The van der Waals surface area contributed by atoms with Crippen molar-refractivity contribution in [3.05, 3.63) is 114 Å². The van der Waals surface area contributed by atoms with Crippen molar-refractivity contribution in [2.24, 2.45) is 0 Å². The first kappa shape index (κ1) is 21.5. The quantitative estimate of drug-likeness (QED) is 0.355. The minimum Gasteiger partial charge on any atom is -0.392 e. The predicted octanol–water partition coefficient (Wildman–Crippen LogP) is 5.64. The SMILES string of the molecule is O=C(Cc1ccc2ccccc2c1)Nc1ncc(-c2ccc(CO)cc2)nc1-c1ccccc1. The number of anilines is 1. The molecular formula is C29H23N3O2. The highest BCUT2D eigenvalue weighted by atomic mass is 16.3. The number of aromatic nitrogens is 2. The van der Waals surface area contributed by atoms with Crippen LogP contribution in [0.2, 0.25) is 0 Å². The number of amides is 1. The fraction of sp³-hybridized carbons (Fsp3) is 0.0690. The highest BCUT2D eigenvalue weighted by molar-refractivity contribution is 5.95. The Balaban J connectivity index is 1.44. The number of nitrogens with one attached hydrogen (secondary N) is 1. The molecule has 0 saturated carbocycles. The monoisotopic (exact) mass is 445 g/mol. The molecule has 0 aliphatic carbocycles. The van der Waals surface area contributed by atoms with E-state index in [1.807, 2.05) is 91.0 Å². The molecule has 5 nitrogen and oxygen atoms in total. The number of hydrogen-bond donors (Lipinski definition) is 2. The highest BCUT2D eigenvalue weighted by Gasteiger charge is 2.14. The standard InChI is InChI=1S/C29H23N3O2/c33-19-20-10-14-23(15-11-20)26-18-30-29(28(31-26)24-7-2-1-3-8-24)32-27(34)17-21-12-13-22-6-4-5-9-25(22)16-21/h1-16,18,33H,17,19H2,(H,30,32,34). The zero-order chi connectivity index (χ0) is 23.3. The number of carbonyl (C=O) groups excluding carboxylic acids is 1. The number of carbonyl (C=O) groups is 1. The van der Waals surface area contributed by atoms with Gasteiger partial charge in [-0.3, -0.25) is 4.79 Å². The Morgan fingerprint density at radius 1 is 0.765 bits per heavy atom. The van der Waals surface area contributed by atoms with Gasteiger partial charge in [-0.25, -0.2) is 9.97 Å². The van der Waals surface area contributed by atoms with Crippen LogP contribution in [0.4, 0.5) is 5.82 Å². The van der Waals surface area contributed by atoms with Crippen molar-refractivity contribution in [1.29, 1.82) is 0 Å². The molecule has 5 heteroatoms. The molecule has 0 aliphatic heterocycles. The molecule has 0 unspecified atom stereocenters. The Hall–Kier alpha value is -4.35. The van der Waals surface area contributed by atoms with Crippen molar-refractivity contribution in [2.45, 2.75) is 13.0 Å². The van der Waals surface area contributed by atoms with Crippen molar-refractivity contribution in [1.82, 2.24) is 9.97 Å². The van der Waals surface area contributed by atoms with Crippen LogP contribution in [0.3, 0.4) is 0 Å². The van der Waals surface area contributed by atoms with Gasteiger partial charge in [-0.15, -0.1) is 0 Å². The molecule has 0 bridgehead atoms. The Bertz CT molecular complexity index is 1450. The molecular weight excluding hydrogens is 422 g/mol. The van der Waals surface area contributed by atoms with Crippen LogP contribution in [0.1, 0.15) is 11.1 Å². The third-order valence-corrected chi connectivity index (χ3v) is 5.69. The van der Waals surface area contributed by atoms with E-state index in [2.05, 4.69) is 16.4 Å². The molecule has 2 N–H and O–H groups in total. The summed E-state index contributed by atoms with van der Waals surface area (Å²) in [4.78, 5) is 22.3. The molecule has 1 heterocycles. The van der Waals surface area contributed by atoms with Crippen LogP contribution in [0.15, 0.2) is 103 Å². The number of hydrogen-bond acceptors (Lipinski definition) is 4. The van der Waals surface area contributed by atoms with E-state index in [0.717, 1.165) is 33.0 Å². The second kappa shape index (κ2) is 9.65. The summed E-state index contributed by atoms with van der Waals surface area (Å²) in [6.07, 6.45) is 1.90. The molecule has 5 aromatic rings. The summed E-state index contributed by atoms with van der Waals surface area (Å²) in [5.74, 6) is 0.273. The Labute approximate surface area is 197 Å². The minimum atomic E-state index is -0.151. The zero-order valence-corrected chi connectivity index (χ0v) is 18.5. The van der Waals surface area contributed by atoms with Crippen LogP contribution in [0.5, 0.6) is 0 Å². The predicted molar refractivity (Wildman–Crippen MR) is 135 cm³/mol. The fourth-order valence-corrected chi connectivity index (χ4v) is 3.91. The van der Waals surface area contributed by atoms with Crippen LogP contribution in [-0.4, -0.2) is 21.0 Å². The van der Waals surface area contributed by atoms with Gasteiger partial charge in [0.1, 0.15) is 5.69 Å². The van der Waals surface area contributed by atoms with Gasteiger partial charge in [0.25, 0.3) is 0 Å². The maximum atomic E-state index is 12.9. The largest absolute Gasteiger partial charge is 0.392 e. The number of aliphatic hydroxyl groups is 1. The number of aliphatic hydroxyl groups excluding tert-OH is 1. The lowest BCUT2D eigenvalue weighted by Crippen LogP contribution is -2.16. The first-order valence-corrected chi connectivity index (χ1v) is 11.1. The van der Waals surface area contributed by atoms with Crippen molar-refractivity contribution >= 4 is 22.5 Å². The minimum absolute atomic E-state index is 0.0105. The summed E-state index contributed by atoms with van der Waals surface area (Å²) in [7, 11) is 0. The highest BCUT2D eigenvalue weighted by Crippen LogP contribution is 2.28. The molecule has 0 spiro atoms. The van der Waals surface area contributed by atoms with E-state index in [1.54, 1.807) is 6.20 Å². The second-order valence-electron chi connectivity index (χ2n) is 8.08. The number of benzene rings is 4. The Kier molecular flexibility index (Phi) is 6.10. The molecule has 1 amide bonds. The molecule has 0 fully saturated rings. The maximum absolute atomic E-state index is 12.9. The molecule has 5 rings (SSSR count). The van der Waals surface area contributed by atoms with E-state index >= 15 is 0 Å². The smallest absolute Gasteiger partial charge is 0.230 e. The van der Waals surface area contributed by atoms with Crippen LogP contribution < -0.4 is 5.32 Å². The fourth-order valence-electron chi connectivity index (χ4n) is 3.91. The summed E-state index contributed by atoms with van der Waals surface area (Å²) >= 11 is 0. The van der Waals surface area contributed by atoms with Gasteiger partial charge >= 0.3 is 0 Å². The van der Waals surface area contributed by atoms with Gasteiger partial charge in [0, 0.05) is 11.1 Å². The van der Waals surface area contributed by atoms with E-state index < -0.39 is 0 Å². The van der Waals surface area contributed by atoms with E-state index in [9.17, 15) is 9.90 Å². The summed E-state index contributed by atoms with van der Waals surface area (Å²) in [6.45, 7) is -0.0105. The molecule has 0 saturated heterocycles. The summed E-state index contributed by atoms with van der Waals surface area (Å²) in [6, 6.07) is 31.4. The molecule has 1 aromatic heterocycles. The zero-order valence-electron chi connectivity index (χ0n) is 18.5. The second-order valence-corrected chi connectivity index (χ2v) is 8.08. The van der Waals surface area contributed by atoms with Gasteiger partial charge in [-0.1, -0.05) is 97.1 Å². The van der Waals surface area contributed by atoms with E-state index in [0.29, 0.717) is 17.2 Å². The van der Waals surface area contributed by atoms with Crippen molar-refractivity contribution in [2.75, 3.05) is 5.32 Å². The lowest BCUT2D eigenvalue weighted by molar-refractivity contribution is -0.115. The van der Waals surface area contributed by atoms with Gasteiger partial charge in [0.2, 0.25) is 5.91 Å². The van der Waals surface area contributed by atoms with Crippen LogP contribution in [0, 0.1) is 0 Å². The van der Waals surface area contributed by atoms with Gasteiger partial charge in [-0.2, -0.15) is 0 Å². The van der Waals surface area contributed by atoms with Gasteiger partial charge in [0.05, 0.1) is 24.9 Å². The van der Waals surface area contributed by atoms with Crippen molar-refractivity contribution in [3.8, 4) is 22.5 Å². The maximum Gasteiger partial charge on any atom is 0.230 e. The van der Waals surface area contributed by atoms with Crippen LogP contribution in [0.25, 0.3) is 33.3 Å². The topological polar surface area (TPSA) is 75.1 Å². The summed E-state index contributed by atoms with van der Waals surface area (Å²) in [5, 5.41) is 14.5. The van der Waals surface area contributed by atoms with Crippen molar-refractivity contribution < 1.29 is 9.90 Å². The average molecular weight is 446 g/mol. The molecule has 0 aliphatic rings. The van der Waals surface area contributed by atoms with Crippen molar-refractivity contribution in [3.63, 3.8) is 0 Å². The Morgan fingerprint density at radius 3 is 2.24 bits per heavy atom. The molecule has 0 radical (unpaired) electrons. The summed E-state index contributed by atoms with van der Waals surface area (Å²) < 4.78 is 0. The van der Waals surface area contributed by atoms with Gasteiger partial charge in [-0.05, 0) is 21.9 Å². The first-order valence-electron chi connectivity index (χ1n) is 11.1. The third-order valence-electron chi connectivity index (χ3n) is 5.69. The molecule has 4 aromatic carbocycles. The van der Waals surface area contributed by atoms with Crippen LogP contribution >= 0.6 is 0 Å². The average Bonchev–Trinajstić information content (AvgIpc) is 2.89. The number of fused-ring (bicyclic) bond motifs is 1. The number of rotatable bonds is 6.